The Hall–Kier alpha value is -3.02. The summed E-state index contributed by atoms with van der Waals surface area (Å²) in [7, 11) is 1.71. The van der Waals surface area contributed by atoms with Crippen molar-refractivity contribution in [3.05, 3.63) is 27.3 Å². The molecule has 0 bridgehead atoms. The number of nitro groups is 1. The topological polar surface area (TPSA) is 109 Å². The molecule has 9 nitrogen and oxygen atoms in total. The molecular weight excluding hydrogens is 436 g/mol. The minimum Gasteiger partial charge on any atom is -0.486 e. The Morgan fingerprint density at radius 1 is 1.38 bits per heavy atom. The maximum absolute atomic E-state index is 12.4. The fourth-order valence-electron chi connectivity index (χ4n) is 5.33. The highest BCUT2D eigenvalue weighted by Crippen LogP contribution is 2.50. The summed E-state index contributed by atoms with van der Waals surface area (Å²) in [6, 6.07) is 3.85. The van der Waals surface area contributed by atoms with E-state index in [1.165, 1.54) is 0 Å². The van der Waals surface area contributed by atoms with Gasteiger partial charge in [0.25, 0.3) is 5.69 Å². The van der Waals surface area contributed by atoms with Gasteiger partial charge >= 0.3 is 6.09 Å². The van der Waals surface area contributed by atoms with E-state index >= 15 is 0 Å². The van der Waals surface area contributed by atoms with Crippen molar-refractivity contribution in [2.75, 3.05) is 31.6 Å². The van der Waals surface area contributed by atoms with E-state index in [9.17, 15) is 20.2 Å². The molecule has 9 heteroatoms. The molecule has 0 aromatic heterocycles. The molecule has 2 fully saturated rings. The number of carbonyl (C=O) groups excluding carboxylic acids is 1. The molecule has 1 saturated carbocycles. The van der Waals surface area contributed by atoms with E-state index < -0.39 is 5.60 Å². The van der Waals surface area contributed by atoms with Gasteiger partial charge in [-0.15, -0.1) is 0 Å². The number of aryl methyl sites for hydroxylation is 1. The molecule has 1 atom stereocenters. The molecule has 1 aromatic rings. The van der Waals surface area contributed by atoms with Crippen molar-refractivity contribution in [2.45, 2.75) is 76.9 Å². The molecule has 1 spiro atoms. The van der Waals surface area contributed by atoms with Gasteiger partial charge in [0.05, 0.1) is 4.92 Å². The van der Waals surface area contributed by atoms with Crippen molar-refractivity contribution in [3.8, 4) is 11.8 Å². The lowest BCUT2D eigenvalue weighted by Gasteiger charge is -2.46. The van der Waals surface area contributed by atoms with E-state index in [1.54, 1.807) is 18.0 Å². The minimum absolute atomic E-state index is 0.0374. The van der Waals surface area contributed by atoms with Crippen LogP contribution in [-0.4, -0.2) is 53.8 Å². The van der Waals surface area contributed by atoms with Crippen LogP contribution in [0.25, 0.3) is 0 Å². The zero-order valence-electron chi connectivity index (χ0n) is 20.6. The zero-order chi connectivity index (χ0) is 24.7. The molecule has 1 amide bonds. The number of hydrogen-bond acceptors (Lipinski definition) is 7. The Labute approximate surface area is 200 Å². The van der Waals surface area contributed by atoms with Crippen molar-refractivity contribution in [3.63, 3.8) is 0 Å². The molecule has 0 unspecified atom stereocenters. The summed E-state index contributed by atoms with van der Waals surface area (Å²) < 4.78 is 11.8. The minimum atomic E-state index is -0.576. The lowest BCUT2D eigenvalue weighted by molar-refractivity contribution is -0.384. The predicted octanol–water partition coefficient (Wildman–Crippen LogP) is 4.80. The van der Waals surface area contributed by atoms with E-state index in [-0.39, 0.29) is 33.8 Å². The van der Waals surface area contributed by atoms with E-state index in [0.717, 1.165) is 44.1 Å². The number of carbonyl (C=O) groups is 1. The Balaban J connectivity index is 1.60. The molecule has 1 aromatic carbocycles. The number of piperidine rings is 1. The second-order valence-corrected chi connectivity index (χ2v) is 10.9. The molecular formula is C25H34N4O5. The zero-order valence-corrected chi connectivity index (χ0v) is 20.6. The summed E-state index contributed by atoms with van der Waals surface area (Å²) in [5.41, 5.74) is 0.552. The smallest absolute Gasteiger partial charge is 0.410 e. The molecule has 184 valence electrons. The van der Waals surface area contributed by atoms with Gasteiger partial charge < -0.3 is 19.3 Å². The van der Waals surface area contributed by atoms with Gasteiger partial charge in [-0.05, 0) is 71.6 Å². The van der Waals surface area contributed by atoms with E-state index in [2.05, 4.69) is 6.07 Å². The van der Waals surface area contributed by atoms with Crippen molar-refractivity contribution in [2.24, 2.45) is 5.92 Å². The second kappa shape index (κ2) is 8.97. The fourth-order valence-corrected chi connectivity index (χ4v) is 5.33. The van der Waals surface area contributed by atoms with Gasteiger partial charge in [0, 0.05) is 38.3 Å². The van der Waals surface area contributed by atoms with Gasteiger partial charge in [0.1, 0.15) is 34.3 Å². The van der Waals surface area contributed by atoms with Crippen molar-refractivity contribution >= 4 is 17.5 Å². The lowest BCUT2D eigenvalue weighted by atomic mass is 9.74. The van der Waals surface area contributed by atoms with Crippen molar-refractivity contribution in [1.82, 2.24) is 4.90 Å². The van der Waals surface area contributed by atoms with Crippen LogP contribution < -0.4 is 9.64 Å². The van der Waals surface area contributed by atoms with Gasteiger partial charge in [-0.2, -0.15) is 5.26 Å². The number of fused-ring (bicyclic) bond motifs is 1. The SMILES string of the molecule is CN(C[C@@H]1CCCN(c2c([N+](=O)[O-])cc3c(c2C#N)OC2(CCC2)CC3)C1)C(=O)OC(C)(C)C. The Morgan fingerprint density at radius 2 is 2.12 bits per heavy atom. The van der Waals surface area contributed by atoms with Crippen LogP contribution in [0.4, 0.5) is 16.2 Å². The van der Waals surface area contributed by atoms with Gasteiger partial charge in [0.15, 0.2) is 0 Å². The highest BCUT2D eigenvalue weighted by molar-refractivity contribution is 5.78. The Morgan fingerprint density at radius 3 is 2.71 bits per heavy atom. The molecule has 0 N–H and O–H groups in total. The molecule has 1 aliphatic carbocycles. The number of nitrogens with zero attached hydrogens (tertiary/aromatic N) is 4. The molecule has 2 aliphatic heterocycles. The molecule has 4 rings (SSSR count). The van der Waals surface area contributed by atoms with E-state index in [1.807, 2.05) is 25.7 Å². The van der Waals surface area contributed by atoms with Crippen molar-refractivity contribution in [1.29, 1.82) is 5.26 Å². The maximum atomic E-state index is 12.4. The highest BCUT2D eigenvalue weighted by Gasteiger charge is 2.44. The lowest BCUT2D eigenvalue weighted by Crippen LogP contribution is -2.46. The van der Waals surface area contributed by atoms with Crippen molar-refractivity contribution < 1.29 is 19.2 Å². The Bertz CT molecular complexity index is 1020. The standard InChI is InChI=1S/C25H34N4O5/c1-24(2,3)34-23(30)27(4)15-17-7-5-12-28(16-17)21-19(14-26)22-18(13-20(21)29(31)32)8-11-25(33-22)9-6-10-25/h13,17H,5-12,15-16H2,1-4H3/t17-/m0/s1. The summed E-state index contributed by atoms with van der Waals surface area (Å²) in [6.07, 6.45) is 5.88. The van der Waals surface area contributed by atoms with Crippen LogP contribution in [0.1, 0.15) is 70.4 Å². The molecule has 34 heavy (non-hydrogen) atoms. The average Bonchev–Trinajstić information content (AvgIpc) is 2.75. The van der Waals surface area contributed by atoms with Crippen LogP contribution in [0.2, 0.25) is 0 Å². The third-order valence-electron chi connectivity index (χ3n) is 7.12. The van der Waals surface area contributed by atoms with Gasteiger partial charge in [0.2, 0.25) is 0 Å². The first-order valence-electron chi connectivity index (χ1n) is 12.1. The van der Waals surface area contributed by atoms with Crippen LogP contribution in [0.3, 0.4) is 0 Å². The van der Waals surface area contributed by atoms with Gasteiger partial charge in [-0.3, -0.25) is 10.1 Å². The van der Waals surface area contributed by atoms with Gasteiger partial charge in [-0.25, -0.2) is 4.79 Å². The molecule has 0 radical (unpaired) electrons. The summed E-state index contributed by atoms with van der Waals surface area (Å²) in [5.74, 6) is 0.634. The Kier molecular flexibility index (Phi) is 6.36. The molecule has 3 aliphatic rings. The average molecular weight is 471 g/mol. The normalized spacial score (nSPS) is 21.0. The highest BCUT2D eigenvalue weighted by atomic mass is 16.6. The summed E-state index contributed by atoms with van der Waals surface area (Å²) >= 11 is 0. The number of benzene rings is 1. The molecule has 1 saturated heterocycles. The summed E-state index contributed by atoms with van der Waals surface area (Å²) in [5, 5.41) is 22.2. The number of anilines is 1. The van der Waals surface area contributed by atoms with Crippen LogP contribution >= 0.6 is 0 Å². The maximum Gasteiger partial charge on any atom is 0.410 e. The number of amides is 1. The first-order valence-corrected chi connectivity index (χ1v) is 12.1. The number of ether oxygens (including phenoxy) is 2. The summed E-state index contributed by atoms with van der Waals surface area (Å²) in [6.45, 7) is 7.10. The van der Waals surface area contributed by atoms with E-state index in [4.69, 9.17) is 9.47 Å². The van der Waals surface area contributed by atoms with Crippen LogP contribution in [-0.2, 0) is 11.2 Å². The summed E-state index contributed by atoms with van der Waals surface area (Å²) in [4.78, 5) is 27.6. The third-order valence-corrected chi connectivity index (χ3v) is 7.12. The van der Waals surface area contributed by atoms with Crippen LogP contribution in [0, 0.1) is 27.4 Å². The fraction of sp³-hybridized carbons (Fsp3) is 0.680. The first-order chi connectivity index (χ1) is 16.0. The number of hydrogen-bond donors (Lipinski definition) is 0. The number of rotatable bonds is 4. The quantitative estimate of drug-likeness (QED) is 0.459. The second-order valence-electron chi connectivity index (χ2n) is 10.9. The first kappa shape index (κ1) is 24.1. The third kappa shape index (κ3) is 4.77. The van der Waals surface area contributed by atoms with E-state index in [0.29, 0.717) is 37.5 Å². The van der Waals surface area contributed by atoms with Crippen LogP contribution in [0.15, 0.2) is 6.07 Å². The molecule has 2 heterocycles. The predicted molar refractivity (Wildman–Crippen MR) is 127 cm³/mol. The monoisotopic (exact) mass is 470 g/mol. The number of nitro benzene ring substituents is 1. The van der Waals surface area contributed by atoms with Crippen LogP contribution in [0.5, 0.6) is 5.75 Å². The largest absolute Gasteiger partial charge is 0.486 e. The van der Waals surface area contributed by atoms with Gasteiger partial charge in [-0.1, -0.05) is 0 Å². The number of nitriles is 1.